The van der Waals surface area contributed by atoms with Crippen LogP contribution >= 0.6 is 15.9 Å². The number of hydrogen-bond acceptors (Lipinski definition) is 2. The molecule has 4 heteroatoms. The van der Waals surface area contributed by atoms with Gasteiger partial charge in [-0.05, 0) is 29.7 Å². The summed E-state index contributed by atoms with van der Waals surface area (Å²) in [5.74, 6) is 0.236. The standard InChI is InChI=1S/C20H23BrN2O/c21-19-8-6-18(7-9-19)16-20(24)23-14-12-22(13-15-23)11-10-17-4-2-1-3-5-17/h1-9H,10-16H2. The number of benzene rings is 2. The summed E-state index contributed by atoms with van der Waals surface area (Å²) in [6.07, 6.45) is 1.57. The second-order valence-corrected chi connectivity index (χ2v) is 7.18. The van der Waals surface area contributed by atoms with Crippen LogP contribution in [-0.4, -0.2) is 48.4 Å². The molecule has 0 spiro atoms. The number of amides is 1. The van der Waals surface area contributed by atoms with E-state index in [4.69, 9.17) is 0 Å². The van der Waals surface area contributed by atoms with E-state index in [1.54, 1.807) is 0 Å². The van der Waals surface area contributed by atoms with Gasteiger partial charge in [0.05, 0.1) is 6.42 Å². The summed E-state index contributed by atoms with van der Waals surface area (Å²) in [5.41, 5.74) is 2.46. The zero-order valence-corrected chi connectivity index (χ0v) is 15.4. The van der Waals surface area contributed by atoms with E-state index in [1.165, 1.54) is 5.56 Å². The SMILES string of the molecule is O=C(Cc1ccc(Br)cc1)N1CCN(CCc2ccccc2)CC1. The van der Waals surface area contributed by atoms with Gasteiger partial charge in [0.15, 0.2) is 0 Å². The van der Waals surface area contributed by atoms with Gasteiger partial charge in [0.25, 0.3) is 0 Å². The fourth-order valence-electron chi connectivity index (χ4n) is 3.04. The van der Waals surface area contributed by atoms with Crippen LogP contribution in [0.3, 0.4) is 0 Å². The first-order chi connectivity index (χ1) is 11.7. The molecule has 1 heterocycles. The summed E-state index contributed by atoms with van der Waals surface area (Å²) >= 11 is 3.43. The molecule has 0 radical (unpaired) electrons. The maximum atomic E-state index is 12.4. The second kappa shape index (κ2) is 8.45. The largest absolute Gasteiger partial charge is 0.340 e. The van der Waals surface area contributed by atoms with Gasteiger partial charge in [-0.1, -0.05) is 58.4 Å². The van der Waals surface area contributed by atoms with Crippen molar-refractivity contribution in [2.24, 2.45) is 0 Å². The van der Waals surface area contributed by atoms with Crippen LogP contribution < -0.4 is 0 Å². The van der Waals surface area contributed by atoms with Crippen molar-refractivity contribution < 1.29 is 4.79 Å². The van der Waals surface area contributed by atoms with Gasteiger partial charge in [-0.25, -0.2) is 0 Å². The molecule has 1 aliphatic rings. The van der Waals surface area contributed by atoms with Crippen molar-refractivity contribution in [3.05, 3.63) is 70.2 Å². The number of carbonyl (C=O) groups excluding carboxylic acids is 1. The molecule has 3 nitrogen and oxygen atoms in total. The molecule has 126 valence electrons. The predicted molar refractivity (Wildman–Crippen MR) is 101 cm³/mol. The van der Waals surface area contributed by atoms with Gasteiger partial charge in [-0.3, -0.25) is 9.69 Å². The Kier molecular flexibility index (Phi) is 6.05. The minimum atomic E-state index is 0.236. The van der Waals surface area contributed by atoms with Crippen molar-refractivity contribution >= 4 is 21.8 Å². The van der Waals surface area contributed by atoms with E-state index in [-0.39, 0.29) is 5.91 Å². The van der Waals surface area contributed by atoms with E-state index in [1.807, 2.05) is 29.2 Å². The Morgan fingerprint density at radius 1 is 0.875 bits per heavy atom. The van der Waals surface area contributed by atoms with Gasteiger partial charge in [0.2, 0.25) is 5.91 Å². The summed E-state index contributed by atoms with van der Waals surface area (Å²) in [5, 5.41) is 0. The topological polar surface area (TPSA) is 23.6 Å². The van der Waals surface area contributed by atoms with E-state index >= 15 is 0 Å². The fourth-order valence-corrected chi connectivity index (χ4v) is 3.31. The first-order valence-corrected chi connectivity index (χ1v) is 9.28. The Morgan fingerprint density at radius 3 is 2.21 bits per heavy atom. The van der Waals surface area contributed by atoms with E-state index in [9.17, 15) is 4.79 Å². The van der Waals surface area contributed by atoms with Crippen molar-refractivity contribution in [1.29, 1.82) is 0 Å². The van der Waals surface area contributed by atoms with Crippen LogP contribution in [0.4, 0.5) is 0 Å². The van der Waals surface area contributed by atoms with Crippen molar-refractivity contribution in [1.82, 2.24) is 9.80 Å². The van der Waals surface area contributed by atoms with Crippen LogP contribution in [0, 0.1) is 0 Å². The number of nitrogens with zero attached hydrogens (tertiary/aromatic N) is 2. The van der Waals surface area contributed by atoms with Gasteiger partial charge < -0.3 is 4.90 Å². The molecule has 1 aliphatic heterocycles. The van der Waals surface area contributed by atoms with Gasteiger partial charge in [-0.15, -0.1) is 0 Å². The van der Waals surface area contributed by atoms with Gasteiger partial charge in [-0.2, -0.15) is 0 Å². The molecular formula is C20H23BrN2O. The third-order valence-electron chi connectivity index (χ3n) is 4.55. The highest BCUT2D eigenvalue weighted by Gasteiger charge is 2.20. The average Bonchev–Trinajstić information content (AvgIpc) is 2.63. The molecule has 1 fully saturated rings. The molecule has 0 aromatic heterocycles. The van der Waals surface area contributed by atoms with Crippen LogP contribution in [0.15, 0.2) is 59.1 Å². The van der Waals surface area contributed by atoms with Crippen LogP contribution in [0.5, 0.6) is 0 Å². The van der Waals surface area contributed by atoms with Crippen molar-refractivity contribution in [3.8, 4) is 0 Å². The Bertz CT molecular complexity index is 649. The molecule has 0 atom stereocenters. The lowest BCUT2D eigenvalue weighted by Crippen LogP contribution is -2.49. The number of hydrogen-bond donors (Lipinski definition) is 0. The lowest BCUT2D eigenvalue weighted by molar-refractivity contribution is -0.132. The van der Waals surface area contributed by atoms with Crippen LogP contribution in [0.25, 0.3) is 0 Å². The van der Waals surface area contributed by atoms with Gasteiger partial charge in [0, 0.05) is 37.2 Å². The van der Waals surface area contributed by atoms with Crippen LogP contribution in [0.1, 0.15) is 11.1 Å². The Balaban J connectivity index is 1.42. The summed E-state index contributed by atoms with van der Waals surface area (Å²) < 4.78 is 1.05. The average molecular weight is 387 g/mol. The van der Waals surface area contributed by atoms with Crippen molar-refractivity contribution in [3.63, 3.8) is 0 Å². The minimum Gasteiger partial charge on any atom is -0.340 e. The molecule has 0 bridgehead atoms. The van der Waals surface area contributed by atoms with Crippen LogP contribution in [-0.2, 0) is 17.6 Å². The number of carbonyl (C=O) groups is 1. The lowest BCUT2D eigenvalue weighted by Gasteiger charge is -2.34. The number of rotatable bonds is 5. The summed E-state index contributed by atoms with van der Waals surface area (Å²) in [7, 11) is 0. The fraction of sp³-hybridized carbons (Fsp3) is 0.350. The van der Waals surface area contributed by atoms with E-state index < -0.39 is 0 Å². The Hall–Kier alpha value is -1.65. The first kappa shape index (κ1) is 17.2. The monoisotopic (exact) mass is 386 g/mol. The number of halogens is 1. The zero-order valence-electron chi connectivity index (χ0n) is 13.8. The second-order valence-electron chi connectivity index (χ2n) is 6.26. The van der Waals surface area contributed by atoms with Crippen molar-refractivity contribution in [2.45, 2.75) is 12.8 Å². The van der Waals surface area contributed by atoms with E-state index in [2.05, 4.69) is 51.2 Å². The van der Waals surface area contributed by atoms with E-state index in [0.717, 1.165) is 49.2 Å². The third kappa shape index (κ3) is 4.92. The molecule has 3 rings (SSSR count). The zero-order chi connectivity index (χ0) is 16.8. The Morgan fingerprint density at radius 2 is 1.54 bits per heavy atom. The summed E-state index contributed by atoms with van der Waals surface area (Å²) in [6.45, 7) is 4.69. The third-order valence-corrected chi connectivity index (χ3v) is 5.08. The molecule has 1 saturated heterocycles. The molecule has 0 aliphatic carbocycles. The molecule has 0 saturated carbocycles. The summed E-state index contributed by atoms with van der Waals surface area (Å²) in [6, 6.07) is 18.6. The Labute approximate surface area is 152 Å². The molecule has 1 amide bonds. The quantitative estimate of drug-likeness (QED) is 0.786. The van der Waals surface area contributed by atoms with Crippen molar-refractivity contribution in [2.75, 3.05) is 32.7 Å². The molecule has 0 N–H and O–H groups in total. The van der Waals surface area contributed by atoms with Gasteiger partial charge >= 0.3 is 0 Å². The molecular weight excluding hydrogens is 364 g/mol. The molecule has 24 heavy (non-hydrogen) atoms. The lowest BCUT2D eigenvalue weighted by atomic mass is 10.1. The predicted octanol–water partition coefficient (Wildman–Crippen LogP) is 3.38. The normalized spacial score (nSPS) is 15.5. The highest BCUT2D eigenvalue weighted by atomic mass is 79.9. The first-order valence-electron chi connectivity index (χ1n) is 8.49. The van der Waals surface area contributed by atoms with Crippen LogP contribution in [0.2, 0.25) is 0 Å². The number of piperazine rings is 1. The highest BCUT2D eigenvalue weighted by molar-refractivity contribution is 9.10. The smallest absolute Gasteiger partial charge is 0.227 e. The summed E-state index contributed by atoms with van der Waals surface area (Å²) in [4.78, 5) is 16.9. The van der Waals surface area contributed by atoms with E-state index in [0.29, 0.717) is 6.42 Å². The molecule has 2 aromatic carbocycles. The van der Waals surface area contributed by atoms with Gasteiger partial charge in [0.1, 0.15) is 0 Å². The molecule has 2 aromatic rings. The maximum absolute atomic E-state index is 12.4. The minimum absolute atomic E-state index is 0.236. The maximum Gasteiger partial charge on any atom is 0.227 e. The molecule has 0 unspecified atom stereocenters. The highest BCUT2D eigenvalue weighted by Crippen LogP contribution is 2.13.